The normalized spacial score (nSPS) is 12.0. The van der Waals surface area contributed by atoms with Gasteiger partial charge in [-0.1, -0.05) is 11.6 Å². The third-order valence-corrected chi connectivity index (χ3v) is 3.20. The van der Waals surface area contributed by atoms with Gasteiger partial charge in [0.2, 0.25) is 5.78 Å². The second-order valence-corrected chi connectivity index (χ2v) is 4.84. The standard InChI is InChI=1S/C13H8ClF3N4/c1-7-4-10(21-3-2-18-12(21)20-7)11-9(14)5-8(6-19-11)13(15,16)17/h2-6H,1H3. The van der Waals surface area contributed by atoms with Gasteiger partial charge >= 0.3 is 6.18 Å². The molecule has 0 aromatic carbocycles. The van der Waals surface area contributed by atoms with Gasteiger partial charge in [-0.2, -0.15) is 13.2 Å². The Morgan fingerprint density at radius 1 is 1.19 bits per heavy atom. The highest BCUT2D eigenvalue weighted by atomic mass is 35.5. The Morgan fingerprint density at radius 3 is 2.62 bits per heavy atom. The first-order valence-electron chi connectivity index (χ1n) is 5.90. The first-order chi connectivity index (χ1) is 9.86. The molecule has 0 fully saturated rings. The lowest BCUT2D eigenvalue weighted by atomic mass is 10.2. The van der Waals surface area contributed by atoms with Crippen molar-refractivity contribution in [3.05, 3.63) is 47.0 Å². The molecule has 21 heavy (non-hydrogen) atoms. The lowest BCUT2D eigenvalue weighted by Gasteiger charge is -2.11. The van der Waals surface area contributed by atoms with Crippen LogP contribution in [0.2, 0.25) is 5.02 Å². The van der Waals surface area contributed by atoms with Gasteiger partial charge in [-0.15, -0.1) is 0 Å². The van der Waals surface area contributed by atoms with Crippen LogP contribution in [0.25, 0.3) is 17.2 Å². The molecule has 0 saturated heterocycles. The Morgan fingerprint density at radius 2 is 1.95 bits per heavy atom. The molecule has 0 aliphatic carbocycles. The molecule has 0 amide bonds. The quantitative estimate of drug-likeness (QED) is 0.687. The highest BCUT2D eigenvalue weighted by Crippen LogP contribution is 2.34. The van der Waals surface area contributed by atoms with Crippen molar-refractivity contribution in [2.75, 3.05) is 0 Å². The van der Waals surface area contributed by atoms with Crippen molar-refractivity contribution in [1.29, 1.82) is 0 Å². The third-order valence-electron chi connectivity index (χ3n) is 2.91. The fraction of sp³-hybridized carbons (Fsp3) is 0.154. The van der Waals surface area contributed by atoms with Gasteiger partial charge in [-0.05, 0) is 19.1 Å². The van der Waals surface area contributed by atoms with E-state index in [1.54, 1.807) is 29.8 Å². The van der Waals surface area contributed by atoms with Crippen LogP contribution in [0.4, 0.5) is 13.2 Å². The molecule has 0 N–H and O–H groups in total. The van der Waals surface area contributed by atoms with Crippen molar-refractivity contribution in [2.45, 2.75) is 13.1 Å². The monoisotopic (exact) mass is 312 g/mol. The molecule has 108 valence electrons. The Hall–Kier alpha value is -2.15. The van der Waals surface area contributed by atoms with E-state index in [1.165, 1.54) is 0 Å². The molecular formula is C13H8ClF3N4. The largest absolute Gasteiger partial charge is 0.417 e. The first kappa shape index (κ1) is 13.8. The summed E-state index contributed by atoms with van der Waals surface area (Å²) in [6, 6.07) is 2.55. The van der Waals surface area contributed by atoms with Crippen LogP contribution in [0.1, 0.15) is 11.3 Å². The van der Waals surface area contributed by atoms with Crippen LogP contribution in [0, 0.1) is 6.92 Å². The van der Waals surface area contributed by atoms with E-state index < -0.39 is 11.7 Å². The van der Waals surface area contributed by atoms with Crippen molar-refractivity contribution in [3.8, 4) is 11.4 Å². The number of hydrogen-bond donors (Lipinski definition) is 0. The first-order valence-corrected chi connectivity index (χ1v) is 6.28. The Kier molecular flexibility index (Phi) is 3.09. The summed E-state index contributed by atoms with van der Waals surface area (Å²) in [6.07, 6.45) is -0.524. The molecule has 0 aliphatic heterocycles. The Labute approximate surface area is 122 Å². The average molecular weight is 313 g/mol. The van der Waals surface area contributed by atoms with E-state index in [0.29, 0.717) is 17.2 Å². The van der Waals surface area contributed by atoms with Gasteiger partial charge in [0, 0.05) is 24.3 Å². The molecular weight excluding hydrogens is 305 g/mol. The second-order valence-electron chi connectivity index (χ2n) is 4.43. The molecule has 0 aliphatic rings. The van der Waals surface area contributed by atoms with E-state index in [2.05, 4.69) is 15.0 Å². The van der Waals surface area contributed by atoms with Crippen LogP contribution in [0.3, 0.4) is 0 Å². The molecule has 0 bridgehead atoms. The van der Waals surface area contributed by atoms with E-state index in [4.69, 9.17) is 11.6 Å². The molecule has 0 spiro atoms. The van der Waals surface area contributed by atoms with Crippen molar-refractivity contribution in [3.63, 3.8) is 0 Å². The van der Waals surface area contributed by atoms with Gasteiger partial charge in [0.25, 0.3) is 0 Å². The number of aromatic nitrogens is 4. The predicted octanol–water partition coefficient (Wildman–Crippen LogP) is 3.77. The van der Waals surface area contributed by atoms with E-state index in [0.717, 1.165) is 12.3 Å². The van der Waals surface area contributed by atoms with Crippen molar-refractivity contribution in [2.24, 2.45) is 0 Å². The maximum Gasteiger partial charge on any atom is 0.417 e. The van der Waals surface area contributed by atoms with E-state index >= 15 is 0 Å². The molecule has 3 aromatic rings. The van der Waals surface area contributed by atoms with Crippen LogP contribution in [-0.2, 0) is 6.18 Å². The van der Waals surface area contributed by atoms with Crippen molar-refractivity contribution < 1.29 is 13.2 Å². The molecule has 3 aromatic heterocycles. The fourth-order valence-corrected chi connectivity index (χ4v) is 2.25. The minimum Gasteiger partial charge on any atom is -0.282 e. The van der Waals surface area contributed by atoms with E-state index in [1.807, 2.05) is 0 Å². The van der Waals surface area contributed by atoms with Crippen LogP contribution in [-0.4, -0.2) is 19.4 Å². The number of pyridine rings is 1. The lowest BCUT2D eigenvalue weighted by molar-refractivity contribution is -0.137. The number of fused-ring (bicyclic) bond motifs is 1. The summed E-state index contributed by atoms with van der Waals surface area (Å²) in [4.78, 5) is 12.1. The minimum absolute atomic E-state index is 0.0783. The molecule has 0 radical (unpaired) electrons. The highest BCUT2D eigenvalue weighted by molar-refractivity contribution is 6.33. The highest BCUT2D eigenvalue weighted by Gasteiger charge is 2.31. The summed E-state index contributed by atoms with van der Waals surface area (Å²) in [5, 5.41) is -0.0783. The number of halogens is 4. The maximum absolute atomic E-state index is 12.6. The maximum atomic E-state index is 12.6. The molecule has 3 heterocycles. The van der Waals surface area contributed by atoms with Crippen molar-refractivity contribution >= 4 is 17.4 Å². The number of hydrogen-bond acceptors (Lipinski definition) is 3. The SMILES string of the molecule is Cc1cc(-c2ncc(C(F)(F)F)cc2Cl)n2ccnc2n1. The van der Waals surface area contributed by atoms with E-state index in [9.17, 15) is 13.2 Å². The number of alkyl halides is 3. The summed E-state index contributed by atoms with van der Waals surface area (Å²) in [7, 11) is 0. The second kappa shape index (κ2) is 4.70. The number of aryl methyl sites for hydroxylation is 1. The zero-order chi connectivity index (χ0) is 15.2. The number of imidazole rings is 1. The third kappa shape index (κ3) is 2.44. The Balaban J connectivity index is 2.21. The van der Waals surface area contributed by atoms with Gasteiger partial charge in [0.05, 0.1) is 16.3 Å². The van der Waals surface area contributed by atoms with E-state index in [-0.39, 0.29) is 10.7 Å². The van der Waals surface area contributed by atoms with Gasteiger partial charge in [0.15, 0.2) is 0 Å². The molecule has 3 rings (SSSR count). The average Bonchev–Trinajstić information content (AvgIpc) is 2.84. The van der Waals surface area contributed by atoms with Crippen LogP contribution in [0.5, 0.6) is 0 Å². The topological polar surface area (TPSA) is 43.1 Å². The fourth-order valence-electron chi connectivity index (χ4n) is 1.99. The minimum atomic E-state index is -4.48. The lowest BCUT2D eigenvalue weighted by Crippen LogP contribution is -2.06. The zero-order valence-electron chi connectivity index (χ0n) is 10.7. The van der Waals surface area contributed by atoms with Gasteiger partial charge in [-0.3, -0.25) is 9.38 Å². The molecule has 8 heteroatoms. The Bertz CT molecular complexity index is 826. The van der Waals surface area contributed by atoms with Crippen LogP contribution >= 0.6 is 11.6 Å². The number of rotatable bonds is 1. The number of nitrogens with zero attached hydrogens (tertiary/aromatic N) is 4. The van der Waals surface area contributed by atoms with Crippen molar-refractivity contribution in [1.82, 2.24) is 19.4 Å². The van der Waals surface area contributed by atoms with Crippen LogP contribution < -0.4 is 0 Å². The summed E-state index contributed by atoms with van der Waals surface area (Å²) >= 11 is 5.97. The van der Waals surface area contributed by atoms with Gasteiger partial charge < -0.3 is 0 Å². The molecule has 0 unspecified atom stereocenters. The zero-order valence-corrected chi connectivity index (χ0v) is 11.4. The summed E-state index contributed by atoms with van der Waals surface area (Å²) in [5.41, 5.74) is 0.567. The summed E-state index contributed by atoms with van der Waals surface area (Å²) in [5.74, 6) is 0.433. The summed E-state index contributed by atoms with van der Waals surface area (Å²) < 4.78 is 39.6. The smallest absolute Gasteiger partial charge is 0.282 e. The van der Waals surface area contributed by atoms with Gasteiger partial charge in [-0.25, -0.2) is 9.97 Å². The molecule has 0 saturated carbocycles. The molecule has 0 atom stereocenters. The van der Waals surface area contributed by atoms with Gasteiger partial charge in [0.1, 0.15) is 5.69 Å². The predicted molar refractivity (Wildman–Crippen MR) is 71.0 cm³/mol. The summed E-state index contributed by atoms with van der Waals surface area (Å²) in [6.45, 7) is 1.76. The van der Waals surface area contributed by atoms with Crippen LogP contribution in [0.15, 0.2) is 30.7 Å². The molecule has 4 nitrogen and oxygen atoms in total.